The van der Waals surface area contributed by atoms with Crippen molar-refractivity contribution < 1.29 is 35.8 Å². The number of hydrogen-bond donors (Lipinski definition) is 0. The Morgan fingerprint density at radius 2 is 1.56 bits per heavy atom. The molecule has 9 heteroatoms. The maximum Gasteiger partial charge on any atom is 0.416 e. The maximum absolute atomic E-state index is 14.9. The summed E-state index contributed by atoms with van der Waals surface area (Å²) >= 11 is 0. The zero-order valence-corrected chi connectivity index (χ0v) is 17.2. The van der Waals surface area contributed by atoms with Gasteiger partial charge < -0.3 is 9.47 Å². The fourth-order valence-corrected chi connectivity index (χ4v) is 4.18. The Hall–Kier alpha value is -2.36. The molecule has 2 unspecified atom stereocenters. The summed E-state index contributed by atoms with van der Waals surface area (Å²) in [5, 5.41) is 0. The zero-order valence-electron chi connectivity index (χ0n) is 17.2. The van der Waals surface area contributed by atoms with Crippen LogP contribution in [0.2, 0.25) is 0 Å². The SMILES string of the molecule is C=CCN1C(C(F)(F)F)[C@@H](C)OC(OCc2ccccc2)[C@@]1(c1ccccc1)C(F)(F)F. The number of alkyl halides is 6. The zero-order chi connectivity index (χ0) is 23.6. The van der Waals surface area contributed by atoms with Crippen LogP contribution in [0, 0.1) is 0 Å². The van der Waals surface area contributed by atoms with Gasteiger partial charge >= 0.3 is 12.4 Å². The Kier molecular flexibility index (Phi) is 7.02. The summed E-state index contributed by atoms with van der Waals surface area (Å²) in [6.45, 7) is 3.53. The van der Waals surface area contributed by atoms with Crippen molar-refractivity contribution in [3.8, 4) is 0 Å². The second-order valence-electron chi connectivity index (χ2n) is 7.53. The molecule has 1 saturated heterocycles. The van der Waals surface area contributed by atoms with Crippen molar-refractivity contribution in [2.24, 2.45) is 0 Å². The summed E-state index contributed by atoms with van der Waals surface area (Å²) in [6, 6.07) is 12.3. The molecule has 0 amide bonds. The fourth-order valence-electron chi connectivity index (χ4n) is 4.18. The van der Waals surface area contributed by atoms with E-state index in [1.54, 1.807) is 30.3 Å². The average Bonchev–Trinajstić information content (AvgIpc) is 2.72. The first kappa shape index (κ1) is 24.3. The first-order chi connectivity index (χ1) is 15.0. The van der Waals surface area contributed by atoms with Gasteiger partial charge in [-0.3, -0.25) is 4.90 Å². The topological polar surface area (TPSA) is 21.7 Å². The number of morpholine rings is 1. The lowest BCUT2D eigenvalue weighted by Gasteiger charge is -2.56. The second kappa shape index (κ2) is 9.25. The number of ether oxygens (including phenoxy) is 2. The quantitative estimate of drug-likeness (QED) is 0.401. The summed E-state index contributed by atoms with van der Waals surface area (Å²) in [5.41, 5.74) is -3.07. The lowest BCUT2D eigenvalue weighted by Crippen LogP contribution is -2.74. The van der Waals surface area contributed by atoms with Crippen molar-refractivity contribution in [2.45, 2.75) is 49.9 Å². The van der Waals surface area contributed by atoms with Crippen LogP contribution in [-0.4, -0.2) is 42.2 Å². The van der Waals surface area contributed by atoms with Gasteiger partial charge in [-0.15, -0.1) is 6.58 Å². The van der Waals surface area contributed by atoms with Crippen molar-refractivity contribution in [1.29, 1.82) is 0 Å². The minimum absolute atomic E-state index is 0.276. The van der Waals surface area contributed by atoms with Gasteiger partial charge in [0.15, 0.2) is 11.8 Å². The van der Waals surface area contributed by atoms with Crippen LogP contribution in [0.4, 0.5) is 26.3 Å². The van der Waals surface area contributed by atoms with Crippen LogP contribution in [0.5, 0.6) is 0 Å². The van der Waals surface area contributed by atoms with E-state index < -0.39 is 48.4 Å². The van der Waals surface area contributed by atoms with Gasteiger partial charge in [0.25, 0.3) is 0 Å². The molecule has 0 saturated carbocycles. The summed E-state index contributed by atoms with van der Waals surface area (Å²) in [4.78, 5) is 0.360. The van der Waals surface area contributed by atoms with Crippen molar-refractivity contribution >= 4 is 0 Å². The first-order valence-corrected chi connectivity index (χ1v) is 9.91. The van der Waals surface area contributed by atoms with Gasteiger partial charge in [-0.2, -0.15) is 26.3 Å². The highest BCUT2D eigenvalue weighted by molar-refractivity contribution is 5.30. The lowest BCUT2D eigenvalue weighted by atomic mass is 9.82. The Balaban J connectivity index is 2.20. The molecule has 0 N–H and O–H groups in total. The Labute approximate surface area is 182 Å². The molecule has 174 valence electrons. The summed E-state index contributed by atoms with van der Waals surface area (Å²) in [6.07, 6.45) is -12.8. The smallest absolute Gasteiger partial charge is 0.345 e. The molecule has 32 heavy (non-hydrogen) atoms. The van der Waals surface area contributed by atoms with E-state index >= 15 is 0 Å². The van der Waals surface area contributed by atoms with Crippen molar-refractivity contribution in [1.82, 2.24) is 4.90 Å². The minimum Gasteiger partial charge on any atom is -0.345 e. The van der Waals surface area contributed by atoms with E-state index in [1.807, 2.05) is 0 Å². The molecule has 3 rings (SSSR count). The number of halogens is 6. The Morgan fingerprint density at radius 3 is 2.06 bits per heavy atom. The van der Waals surface area contributed by atoms with Gasteiger partial charge in [0, 0.05) is 6.54 Å². The Morgan fingerprint density at radius 1 is 1.00 bits per heavy atom. The van der Waals surface area contributed by atoms with Crippen LogP contribution in [0.15, 0.2) is 73.3 Å². The highest BCUT2D eigenvalue weighted by Gasteiger charge is 2.72. The second-order valence-corrected chi connectivity index (χ2v) is 7.53. The monoisotopic (exact) mass is 459 g/mol. The lowest BCUT2D eigenvalue weighted by molar-refractivity contribution is -0.393. The van der Waals surface area contributed by atoms with E-state index in [4.69, 9.17) is 9.47 Å². The van der Waals surface area contributed by atoms with Crippen molar-refractivity contribution in [3.63, 3.8) is 0 Å². The molecule has 3 nitrogen and oxygen atoms in total. The summed E-state index contributed by atoms with van der Waals surface area (Å²) in [5.74, 6) is 0. The van der Waals surface area contributed by atoms with E-state index in [-0.39, 0.29) is 6.61 Å². The van der Waals surface area contributed by atoms with Gasteiger partial charge in [-0.05, 0) is 18.1 Å². The van der Waals surface area contributed by atoms with E-state index in [2.05, 4.69) is 6.58 Å². The first-order valence-electron chi connectivity index (χ1n) is 9.91. The standard InChI is InChI=1S/C23H23F6NO2/c1-3-14-30-19(22(24,25)26)16(2)32-20(31-15-17-10-6-4-7-11-17)21(30,23(27,28)29)18-12-8-5-9-13-18/h3-13,16,19-20H,1,14-15H2,2H3/t16-,19?,20?,21+/m1/s1. The highest BCUT2D eigenvalue weighted by Crippen LogP contribution is 2.54. The molecular weight excluding hydrogens is 436 g/mol. The Bertz CT molecular complexity index is 887. The predicted octanol–water partition coefficient (Wildman–Crippen LogP) is 5.82. The van der Waals surface area contributed by atoms with Gasteiger partial charge in [0.1, 0.15) is 6.04 Å². The predicted molar refractivity (Wildman–Crippen MR) is 106 cm³/mol. The van der Waals surface area contributed by atoms with Gasteiger partial charge in [-0.1, -0.05) is 66.7 Å². The van der Waals surface area contributed by atoms with Crippen LogP contribution < -0.4 is 0 Å². The number of nitrogens with zero attached hydrogens (tertiary/aromatic N) is 1. The molecular formula is C23H23F6NO2. The molecule has 1 aliphatic heterocycles. The third-order valence-electron chi connectivity index (χ3n) is 5.46. The molecule has 1 fully saturated rings. The van der Waals surface area contributed by atoms with Gasteiger partial charge in [0.05, 0.1) is 12.7 Å². The molecule has 1 aliphatic rings. The highest BCUT2D eigenvalue weighted by atomic mass is 19.4. The molecule has 1 heterocycles. The molecule has 4 atom stereocenters. The van der Waals surface area contributed by atoms with Crippen molar-refractivity contribution in [3.05, 3.63) is 84.4 Å². The molecule has 0 spiro atoms. The average molecular weight is 459 g/mol. The van der Waals surface area contributed by atoms with Gasteiger partial charge in [0.2, 0.25) is 0 Å². The third-order valence-corrected chi connectivity index (χ3v) is 5.46. The van der Waals surface area contributed by atoms with Crippen molar-refractivity contribution in [2.75, 3.05) is 6.54 Å². The largest absolute Gasteiger partial charge is 0.416 e. The molecule has 2 aromatic rings. The van der Waals surface area contributed by atoms with Crippen LogP contribution >= 0.6 is 0 Å². The molecule has 2 aromatic carbocycles. The maximum atomic E-state index is 14.9. The minimum atomic E-state index is -5.18. The molecule has 0 aromatic heterocycles. The van der Waals surface area contributed by atoms with Gasteiger partial charge in [-0.25, -0.2) is 0 Å². The van der Waals surface area contributed by atoms with E-state index in [1.165, 1.54) is 18.2 Å². The molecule has 0 radical (unpaired) electrons. The van der Waals surface area contributed by atoms with E-state index in [9.17, 15) is 26.3 Å². The normalized spacial score (nSPS) is 27.3. The molecule has 0 bridgehead atoms. The number of benzene rings is 2. The molecule has 0 aliphatic carbocycles. The number of hydrogen-bond acceptors (Lipinski definition) is 3. The van der Waals surface area contributed by atoms with E-state index in [0.29, 0.717) is 10.5 Å². The summed E-state index contributed by atoms with van der Waals surface area (Å²) in [7, 11) is 0. The third kappa shape index (κ3) is 4.42. The fraction of sp³-hybridized carbons (Fsp3) is 0.391. The van der Waals surface area contributed by atoms with Crippen LogP contribution in [0.25, 0.3) is 0 Å². The van der Waals surface area contributed by atoms with Crippen LogP contribution in [0.3, 0.4) is 0 Å². The summed E-state index contributed by atoms with van der Waals surface area (Å²) < 4.78 is 97.8. The van der Waals surface area contributed by atoms with Crippen LogP contribution in [0.1, 0.15) is 18.1 Å². The van der Waals surface area contributed by atoms with E-state index in [0.717, 1.165) is 25.1 Å². The number of rotatable bonds is 6. The van der Waals surface area contributed by atoms with Crippen LogP contribution in [-0.2, 0) is 21.6 Å².